The molecule has 1 N–H and O–H groups in total. The lowest BCUT2D eigenvalue weighted by Crippen LogP contribution is -2.34. The summed E-state index contributed by atoms with van der Waals surface area (Å²) in [6, 6.07) is 8.69. The predicted molar refractivity (Wildman–Crippen MR) is 81.9 cm³/mol. The first-order valence-electron chi connectivity index (χ1n) is 7.06. The van der Waals surface area contributed by atoms with Crippen molar-refractivity contribution in [3.05, 3.63) is 42.0 Å². The molecule has 1 fully saturated rings. The third kappa shape index (κ3) is 3.04. The first-order valence-corrected chi connectivity index (χ1v) is 8.29. The second-order valence-electron chi connectivity index (χ2n) is 5.26. The van der Waals surface area contributed by atoms with Crippen LogP contribution in [0.1, 0.15) is 30.1 Å². The minimum absolute atomic E-state index is 0.493. The largest absolute Gasteiger partial charge is 0.298 e. The van der Waals surface area contributed by atoms with Gasteiger partial charge >= 0.3 is 0 Å². The van der Waals surface area contributed by atoms with Crippen molar-refractivity contribution in [2.45, 2.75) is 30.2 Å². The lowest BCUT2D eigenvalue weighted by molar-refractivity contribution is 0.195. The highest BCUT2D eigenvalue weighted by Gasteiger charge is 2.23. The molecule has 1 atom stereocenters. The number of aromatic amines is 1. The number of aromatic nitrogens is 3. The normalized spacial score (nSPS) is 20.1. The molecule has 1 aliphatic heterocycles. The second-order valence-corrected chi connectivity index (χ2v) is 6.10. The molecule has 5 heteroatoms. The van der Waals surface area contributed by atoms with Gasteiger partial charge in [0.25, 0.3) is 0 Å². The number of nitrogens with zero attached hydrogens (tertiary/aromatic N) is 3. The number of piperidine rings is 1. The summed E-state index contributed by atoms with van der Waals surface area (Å²) in [6.45, 7) is 3.27. The fourth-order valence-corrected chi connectivity index (χ4v) is 3.52. The molecular weight excluding hydrogens is 268 g/mol. The summed E-state index contributed by atoms with van der Waals surface area (Å²) in [5.41, 5.74) is 1.43. The van der Waals surface area contributed by atoms with E-state index in [4.69, 9.17) is 0 Å². The Labute approximate surface area is 124 Å². The van der Waals surface area contributed by atoms with Gasteiger partial charge in [0.15, 0.2) is 0 Å². The monoisotopic (exact) mass is 288 g/mol. The molecule has 1 aromatic heterocycles. The Morgan fingerprint density at radius 2 is 2.30 bits per heavy atom. The summed E-state index contributed by atoms with van der Waals surface area (Å²) in [7, 11) is 0. The number of nitrogens with one attached hydrogen (secondary N) is 1. The summed E-state index contributed by atoms with van der Waals surface area (Å²) in [5.74, 6) is 1.53. The molecule has 1 aromatic carbocycles. The highest BCUT2D eigenvalue weighted by molar-refractivity contribution is 7.98. The number of H-pyrrole nitrogens is 1. The van der Waals surface area contributed by atoms with E-state index in [0.29, 0.717) is 5.92 Å². The van der Waals surface area contributed by atoms with Crippen molar-refractivity contribution in [3.8, 4) is 0 Å². The van der Waals surface area contributed by atoms with Crippen LogP contribution in [0.2, 0.25) is 0 Å². The molecular formula is C15H20N4S. The molecule has 1 saturated heterocycles. The summed E-state index contributed by atoms with van der Waals surface area (Å²) in [4.78, 5) is 8.23. The van der Waals surface area contributed by atoms with Crippen LogP contribution in [0.5, 0.6) is 0 Å². The van der Waals surface area contributed by atoms with Crippen LogP contribution >= 0.6 is 11.8 Å². The Kier molecular flexibility index (Phi) is 4.38. The fourth-order valence-electron chi connectivity index (χ4n) is 2.91. The molecule has 4 nitrogen and oxygen atoms in total. The van der Waals surface area contributed by atoms with Gasteiger partial charge in [-0.2, -0.15) is 5.10 Å². The van der Waals surface area contributed by atoms with Crippen molar-refractivity contribution < 1.29 is 0 Å². The van der Waals surface area contributed by atoms with Gasteiger partial charge in [-0.05, 0) is 37.3 Å². The summed E-state index contributed by atoms with van der Waals surface area (Å²) in [5, 5.41) is 7.00. The smallest absolute Gasteiger partial charge is 0.137 e. The number of hydrogen-bond acceptors (Lipinski definition) is 4. The first kappa shape index (κ1) is 13.6. The van der Waals surface area contributed by atoms with Gasteiger partial charge in [-0.3, -0.25) is 10.00 Å². The topological polar surface area (TPSA) is 44.8 Å². The van der Waals surface area contributed by atoms with Crippen LogP contribution in [0.4, 0.5) is 0 Å². The molecule has 0 aliphatic carbocycles. The van der Waals surface area contributed by atoms with Crippen molar-refractivity contribution in [2.24, 2.45) is 0 Å². The van der Waals surface area contributed by atoms with Crippen LogP contribution in [0.25, 0.3) is 0 Å². The van der Waals surface area contributed by atoms with Crippen LogP contribution in [0, 0.1) is 0 Å². The van der Waals surface area contributed by atoms with Crippen molar-refractivity contribution in [2.75, 3.05) is 19.3 Å². The molecule has 2 aromatic rings. The van der Waals surface area contributed by atoms with Crippen molar-refractivity contribution in [3.63, 3.8) is 0 Å². The van der Waals surface area contributed by atoms with Crippen molar-refractivity contribution in [1.82, 2.24) is 20.1 Å². The Balaban J connectivity index is 1.68. The standard InChI is InChI=1S/C15H20N4S/c1-20-14-7-3-2-5-12(14)9-19-8-4-6-13(10-19)15-16-11-17-18-15/h2-3,5,7,11,13H,4,6,8-10H2,1H3,(H,16,17,18). The van der Waals surface area contributed by atoms with E-state index in [1.54, 1.807) is 6.33 Å². The zero-order chi connectivity index (χ0) is 13.8. The molecule has 0 radical (unpaired) electrons. The number of hydrogen-bond donors (Lipinski definition) is 1. The molecule has 106 valence electrons. The summed E-state index contributed by atoms with van der Waals surface area (Å²) in [6.07, 6.45) is 6.19. The van der Waals surface area contributed by atoms with Crippen LogP contribution in [0.3, 0.4) is 0 Å². The maximum absolute atomic E-state index is 4.32. The van der Waals surface area contributed by atoms with Crippen LogP contribution in [0.15, 0.2) is 35.5 Å². The van der Waals surface area contributed by atoms with Gasteiger partial charge in [0.2, 0.25) is 0 Å². The number of likely N-dealkylation sites (tertiary alicyclic amines) is 1. The average Bonchev–Trinajstić information content (AvgIpc) is 3.02. The number of benzene rings is 1. The Morgan fingerprint density at radius 3 is 3.10 bits per heavy atom. The van der Waals surface area contributed by atoms with Gasteiger partial charge < -0.3 is 0 Å². The van der Waals surface area contributed by atoms with E-state index in [0.717, 1.165) is 18.9 Å². The van der Waals surface area contributed by atoms with E-state index >= 15 is 0 Å². The quantitative estimate of drug-likeness (QED) is 0.879. The van der Waals surface area contributed by atoms with Gasteiger partial charge in [0, 0.05) is 23.9 Å². The maximum atomic E-state index is 4.32. The highest BCUT2D eigenvalue weighted by atomic mass is 32.2. The summed E-state index contributed by atoms with van der Waals surface area (Å²) >= 11 is 1.83. The van der Waals surface area contributed by atoms with E-state index < -0.39 is 0 Å². The van der Waals surface area contributed by atoms with Gasteiger partial charge in [-0.15, -0.1) is 11.8 Å². The first-order chi connectivity index (χ1) is 9.86. The minimum atomic E-state index is 0.493. The fraction of sp³-hybridized carbons (Fsp3) is 0.467. The van der Waals surface area contributed by atoms with Crippen molar-refractivity contribution in [1.29, 1.82) is 0 Å². The van der Waals surface area contributed by atoms with E-state index in [9.17, 15) is 0 Å². The summed E-state index contributed by atoms with van der Waals surface area (Å²) < 4.78 is 0. The van der Waals surface area contributed by atoms with E-state index in [1.165, 1.54) is 29.8 Å². The SMILES string of the molecule is CSc1ccccc1CN1CCCC(c2ncn[nH]2)C1. The molecule has 0 spiro atoms. The maximum Gasteiger partial charge on any atom is 0.137 e. The molecule has 1 unspecified atom stereocenters. The molecule has 20 heavy (non-hydrogen) atoms. The van der Waals surface area contributed by atoms with E-state index in [1.807, 2.05) is 11.8 Å². The third-order valence-electron chi connectivity index (χ3n) is 3.91. The number of rotatable bonds is 4. The molecule has 0 bridgehead atoms. The average molecular weight is 288 g/mol. The Hall–Kier alpha value is -1.33. The van der Waals surface area contributed by atoms with Gasteiger partial charge in [0.1, 0.15) is 12.2 Å². The highest BCUT2D eigenvalue weighted by Crippen LogP contribution is 2.27. The van der Waals surface area contributed by atoms with Gasteiger partial charge in [-0.1, -0.05) is 18.2 Å². The predicted octanol–water partition coefficient (Wildman–Crippen LogP) is 2.91. The van der Waals surface area contributed by atoms with E-state index in [-0.39, 0.29) is 0 Å². The Bertz CT molecular complexity index is 541. The number of thioether (sulfide) groups is 1. The molecule has 0 amide bonds. The molecule has 1 aliphatic rings. The van der Waals surface area contributed by atoms with Crippen LogP contribution < -0.4 is 0 Å². The minimum Gasteiger partial charge on any atom is -0.298 e. The van der Waals surface area contributed by atoms with Gasteiger partial charge in [-0.25, -0.2) is 4.98 Å². The van der Waals surface area contributed by atoms with Crippen LogP contribution in [-0.2, 0) is 6.54 Å². The molecule has 3 rings (SSSR count). The zero-order valence-corrected chi connectivity index (χ0v) is 12.6. The zero-order valence-electron chi connectivity index (χ0n) is 11.7. The van der Waals surface area contributed by atoms with Gasteiger partial charge in [0.05, 0.1) is 0 Å². The second kappa shape index (κ2) is 6.41. The van der Waals surface area contributed by atoms with E-state index in [2.05, 4.69) is 50.6 Å². The third-order valence-corrected chi connectivity index (χ3v) is 4.75. The molecule has 0 saturated carbocycles. The lowest BCUT2D eigenvalue weighted by atomic mass is 9.97. The van der Waals surface area contributed by atoms with Crippen LogP contribution in [-0.4, -0.2) is 39.4 Å². The Morgan fingerprint density at radius 1 is 1.40 bits per heavy atom. The van der Waals surface area contributed by atoms with Crippen molar-refractivity contribution >= 4 is 11.8 Å². The molecule has 2 heterocycles. The lowest BCUT2D eigenvalue weighted by Gasteiger charge is -2.32.